The largest absolute Gasteiger partial charge is 0.371 e. The Labute approximate surface area is 177 Å². The molecule has 0 aromatic heterocycles. The second-order valence-electron chi connectivity index (χ2n) is 7.47. The zero-order valence-electron chi connectivity index (χ0n) is 17.4. The Kier molecular flexibility index (Phi) is 7.97. The molecule has 0 spiro atoms. The van der Waals surface area contributed by atoms with E-state index in [0.29, 0.717) is 30.9 Å². The van der Waals surface area contributed by atoms with Gasteiger partial charge in [-0.25, -0.2) is 8.42 Å². The van der Waals surface area contributed by atoms with Crippen molar-refractivity contribution in [1.29, 1.82) is 5.26 Å². The number of likely N-dealkylation sites (N-methyl/N-ethyl adjacent to an activating group) is 1. The molecule has 1 aromatic rings. The van der Waals surface area contributed by atoms with Crippen molar-refractivity contribution >= 4 is 33.0 Å². The average Bonchev–Trinajstić information content (AvgIpc) is 3.02. The molecule has 1 aromatic carbocycles. The molecule has 1 unspecified atom stereocenters. The molecule has 2 rings (SSSR count). The number of hydrogen-bond donors (Lipinski definition) is 2. The van der Waals surface area contributed by atoms with Crippen molar-refractivity contribution < 1.29 is 18.0 Å². The summed E-state index contributed by atoms with van der Waals surface area (Å²) >= 11 is 0. The third-order valence-electron chi connectivity index (χ3n) is 4.61. The molecule has 0 aliphatic carbocycles. The van der Waals surface area contributed by atoms with Gasteiger partial charge in [-0.05, 0) is 44.8 Å². The highest BCUT2D eigenvalue weighted by molar-refractivity contribution is 7.91. The minimum Gasteiger partial charge on any atom is -0.371 e. The van der Waals surface area contributed by atoms with Crippen LogP contribution in [0.5, 0.6) is 0 Å². The van der Waals surface area contributed by atoms with E-state index in [1.165, 1.54) is 13.1 Å². The van der Waals surface area contributed by atoms with Crippen LogP contribution >= 0.6 is 0 Å². The third kappa shape index (κ3) is 7.17. The lowest BCUT2D eigenvalue weighted by Crippen LogP contribution is -2.37. The second-order valence-corrected chi connectivity index (χ2v) is 9.69. The van der Waals surface area contributed by atoms with E-state index in [1.54, 1.807) is 29.2 Å². The molecule has 30 heavy (non-hydrogen) atoms. The monoisotopic (exact) mass is 433 g/mol. The van der Waals surface area contributed by atoms with E-state index in [2.05, 4.69) is 10.6 Å². The van der Waals surface area contributed by atoms with Gasteiger partial charge in [0.15, 0.2) is 9.84 Å². The van der Waals surface area contributed by atoms with E-state index >= 15 is 0 Å². The van der Waals surface area contributed by atoms with Crippen LogP contribution in [0.25, 0.3) is 0 Å². The maximum atomic E-state index is 12.6. The lowest BCUT2D eigenvalue weighted by molar-refractivity contribution is -0.114. The zero-order chi connectivity index (χ0) is 22.3. The molecule has 1 heterocycles. The Morgan fingerprint density at radius 3 is 2.23 bits per heavy atom. The number of amides is 2. The summed E-state index contributed by atoms with van der Waals surface area (Å²) in [6, 6.07) is 8.16. The molecule has 10 heteroatoms. The van der Waals surface area contributed by atoms with Crippen LogP contribution in [0.15, 0.2) is 36.0 Å². The van der Waals surface area contributed by atoms with Gasteiger partial charge in [-0.15, -0.1) is 0 Å². The van der Waals surface area contributed by atoms with Crippen LogP contribution < -0.4 is 10.6 Å². The van der Waals surface area contributed by atoms with Crippen molar-refractivity contribution in [1.82, 2.24) is 9.80 Å². The topological polar surface area (TPSA) is 123 Å². The standard InChI is InChI=1S/C20H27N5O4S/c1-15(26)22-17-4-6-18(7-5-17)23-20(27)16(12-21)13-25(10-9-24(2)3)19-8-11-30(28,29)14-19/h4-7,13,19H,8-11,14H2,1-3H3,(H,22,26)(H,23,27)/b16-13-. The number of nitrogens with zero attached hydrogens (tertiary/aromatic N) is 3. The number of benzene rings is 1. The Bertz CT molecular complexity index is 948. The molecule has 1 atom stereocenters. The number of hydrogen-bond acceptors (Lipinski definition) is 7. The molecule has 0 radical (unpaired) electrons. The second kappa shape index (κ2) is 10.2. The van der Waals surface area contributed by atoms with Gasteiger partial charge in [0.1, 0.15) is 11.6 Å². The van der Waals surface area contributed by atoms with Crippen LogP contribution in [0.4, 0.5) is 11.4 Å². The van der Waals surface area contributed by atoms with Crippen molar-refractivity contribution in [3.8, 4) is 6.07 Å². The first-order chi connectivity index (χ1) is 14.1. The van der Waals surface area contributed by atoms with Gasteiger partial charge in [0.2, 0.25) is 5.91 Å². The van der Waals surface area contributed by atoms with Crippen molar-refractivity contribution in [2.45, 2.75) is 19.4 Å². The lowest BCUT2D eigenvalue weighted by Gasteiger charge is -2.28. The summed E-state index contributed by atoms with van der Waals surface area (Å²) in [5, 5.41) is 14.8. The smallest absolute Gasteiger partial charge is 0.267 e. The number of carbonyl (C=O) groups is 2. The summed E-state index contributed by atoms with van der Waals surface area (Å²) in [6.45, 7) is 2.55. The van der Waals surface area contributed by atoms with Gasteiger partial charge in [-0.2, -0.15) is 5.26 Å². The number of carbonyl (C=O) groups excluding carboxylic acids is 2. The fourth-order valence-electron chi connectivity index (χ4n) is 3.05. The predicted octanol–water partition coefficient (Wildman–Crippen LogP) is 1.04. The molecule has 1 aliphatic rings. The van der Waals surface area contributed by atoms with Crippen LogP contribution in [-0.4, -0.2) is 74.8 Å². The molecule has 162 valence electrons. The number of rotatable bonds is 8. The van der Waals surface area contributed by atoms with E-state index < -0.39 is 15.7 Å². The van der Waals surface area contributed by atoms with Crippen molar-refractivity contribution in [3.05, 3.63) is 36.0 Å². The van der Waals surface area contributed by atoms with E-state index in [1.807, 2.05) is 25.1 Å². The van der Waals surface area contributed by atoms with E-state index in [4.69, 9.17) is 0 Å². The summed E-state index contributed by atoms with van der Waals surface area (Å²) in [6.07, 6.45) is 1.92. The highest BCUT2D eigenvalue weighted by atomic mass is 32.2. The number of sulfone groups is 1. The molecule has 1 saturated heterocycles. The van der Waals surface area contributed by atoms with Crippen molar-refractivity contribution in [3.63, 3.8) is 0 Å². The minimum absolute atomic E-state index is 0.0157. The molecule has 2 amide bonds. The van der Waals surface area contributed by atoms with Gasteiger partial charge >= 0.3 is 0 Å². The molecule has 0 saturated carbocycles. The molecule has 1 aliphatic heterocycles. The van der Waals surface area contributed by atoms with Gasteiger partial charge < -0.3 is 20.4 Å². The molecular weight excluding hydrogens is 406 g/mol. The van der Waals surface area contributed by atoms with E-state index in [0.717, 1.165) is 0 Å². The summed E-state index contributed by atoms with van der Waals surface area (Å²) in [5.74, 6) is -0.658. The quantitative estimate of drug-likeness (QED) is 0.464. The molecule has 9 nitrogen and oxygen atoms in total. The number of nitrogens with one attached hydrogen (secondary N) is 2. The van der Waals surface area contributed by atoms with Gasteiger partial charge in [0, 0.05) is 43.6 Å². The Morgan fingerprint density at radius 2 is 1.77 bits per heavy atom. The maximum absolute atomic E-state index is 12.6. The molecular formula is C20H27N5O4S. The fourth-order valence-corrected chi connectivity index (χ4v) is 4.79. The minimum atomic E-state index is -3.10. The van der Waals surface area contributed by atoms with Crippen molar-refractivity contribution in [2.75, 3.05) is 49.3 Å². The van der Waals surface area contributed by atoms with Gasteiger partial charge in [0.05, 0.1) is 11.5 Å². The zero-order valence-corrected chi connectivity index (χ0v) is 18.2. The first-order valence-corrected chi connectivity index (χ1v) is 11.3. The summed E-state index contributed by atoms with van der Waals surface area (Å²) < 4.78 is 23.8. The first kappa shape index (κ1) is 23.4. The lowest BCUT2D eigenvalue weighted by atomic mass is 10.2. The Hall–Kier alpha value is -2.90. The fraction of sp³-hybridized carbons (Fsp3) is 0.450. The Balaban J connectivity index is 2.15. The molecule has 0 bridgehead atoms. The predicted molar refractivity (Wildman–Crippen MR) is 115 cm³/mol. The van der Waals surface area contributed by atoms with Crippen molar-refractivity contribution in [2.24, 2.45) is 0 Å². The van der Waals surface area contributed by atoms with Crippen LogP contribution in [-0.2, 0) is 19.4 Å². The van der Waals surface area contributed by atoms with Gasteiger partial charge in [-0.3, -0.25) is 9.59 Å². The highest BCUT2D eigenvalue weighted by Gasteiger charge is 2.31. The maximum Gasteiger partial charge on any atom is 0.267 e. The van der Waals surface area contributed by atoms with Gasteiger partial charge in [-0.1, -0.05) is 0 Å². The SMILES string of the molecule is CC(=O)Nc1ccc(NC(=O)/C(C#N)=C\N(CCN(C)C)C2CCS(=O)(=O)C2)cc1. The first-order valence-electron chi connectivity index (χ1n) is 9.51. The van der Waals surface area contributed by atoms with Crippen LogP contribution in [0.2, 0.25) is 0 Å². The van der Waals surface area contributed by atoms with Gasteiger partial charge in [0.25, 0.3) is 5.91 Å². The summed E-state index contributed by atoms with van der Waals surface area (Å²) in [7, 11) is 0.696. The summed E-state index contributed by atoms with van der Waals surface area (Å²) in [4.78, 5) is 27.4. The van der Waals surface area contributed by atoms with Crippen LogP contribution in [0.1, 0.15) is 13.3 Å². The highest BCUT2D eigenvalue weighted by Crippen LogP contribution is 2.20. The van der Waals surface area contributed by atoms with Crippen LogP contribution in [0.3, 0.4) is 0 Å². The van der Waals surface area contributed by atoms with E-state index in [9.17, 15) is 23.3 Å². The third-order valence-corrected chi connectivity index (χ3v) is 6.36. The average molecular weight is 434 g/mol. The summed E-state index contributed by atoms with van der Waals surface area (Å²) in [5.41, 5.74) is 0.955. The Morgan fingerprint density at radius 1 is 1.17 bits per heavy atom. The number of nitriles is 1. The van der Waals surface area contributed by atoms with E-state index in [-0.39, 0.29) is 29.0 Å². The van der Waals surface area contributed by atoms with Crippen LogP contribution in [0, 0.1) is 11.3 Å². The molecule has 1 fully saturated rings. The molecule has 2 N–H and O–H groups in total. The number of anilines is 2. The normalized spacial score (nSPS) is 18.0.